The van der Waals surface area contributed by atoms with Gasteiger partial charge in [0.2, 0.25) is 0 Å². The van der Waals surface area contributed by atoms with Gasteiger partial charge in [-0.1, -0.05) is 12.1 Å². The van der Waals surface area contributed by atoms with E-state index >= 15 is 0 Å². The number of carbonyl (C=O) groups is 2. The molecule has 0 atom stereocenters. The van der Waals surface area contributed by atoms with Crippen LogP contribution >= 0.6 is 11.3 Å². The maximum Gasteiger partial charge on any atom is 0.271 e. The first kappa shape index (κ1) is 14.3. The second-order valence-electron chi connectivity index (χ2n) is 4.44. The van der Waals surface area contributed by atoms with Crippen molar-refractivity contribution < 1.29 is 19.2 Å². The van der Waals surface area contributed by atoms with Gasteiger partial charge in [-0.05, 0) is 23.6 Å². The summed E-state index contributed by atoms with van der Waals surface area (Å²) in [6.07, 6.45) is -0.307. The molecule has 0 saturated carbocycles. The lowest BCUT2D eigenvalue weighted by Crippen LogP contribution is -2.44. The molecule has 3 rings (SSSR count). The first-order chi connectivity index (χ1) is 10.7. The Morgan fingerprint density at radius 2 is 2.00 bits per heavy atom. The van der Waals surface area contributed by atoms with E-state index in [1.807, 2.05) is 11.4 Å². The number of amidine groups is 1. The van der Waals surface area contributed by atoms with Crippen molar-refractivity contribution in [2.45, 2.75) is 6.42 Å². The van der Waals surface area contributed by atoms with Crippen LogP contribution in [-0.4, -0.2) is 29.8 Å². The van der Waals surface area contributed by atoms with Crippen LogP contribution in [0.5, 0.6) is 11.5 Å². The van der Waals surface area contributed by atoms with Gasteiger partial charge < -0.3 is 9.57 Å². The molecule has 1 aromatic carbocycles. The summed E-state index contributed by atoms with van der Waals surface area (Å²) in [4.78, 5) is 34.0. The monoisotopic (exact) mass is 316 g/mol. The number of carbonyl (C=O) groups excluding carboxylic acids is 2. The van der Waals surface area contributed by atoms with Gasteiger partial charge in [0.25, 0.3) is 11.8 Å². The zero-order chi connectivity index (χ0) is 15.5. The number of rotatable bonds is 4. The lowest BCUT2D eigenvalue weighted by Gasteiger charge is -2.25. The highest BCUT2D eigenvalue weighted by Gasteiger charge is 2.31. The smallest absolute Gasteiger partial charge is 0.271 e. The molecule has 1 aliphatic heterocycles. The van der Waals surface area contributed by atoms with Crippen LogP contribution in [0.4, 0.5) is 0 Å². The number of hydroxylamine groups is 2. The molecule has 0 aliphatic carbocycles. The van der Waals surface area contributed by atoms with Gasteiger partial charge in [0.05, 0.1) is 12.0 Å². The van der Waals surface area contributed by atoms with Crippen molar-refractivity contribution in [3.8, 4) is 11.5 Å². The molecule has 0 saturated heterocycles. The molecule has 7 heteroatoms. The molecule has 1 aromatic heterocycles. The third-order valence-electron chi connectivity index (χ3n) is 2.93. The molecule has 0 unspecified atom stereocenters. The Morgan fingerprint density at radius 1 is 1.18 bits per heavy atom. The molecule has 2 heterocycles. The SMILES string of the molecule is COc1cccc(ON2C(=O)CC(=O)N=C2c2cccs2)c1. The van der Waals surface area contributed by atoms with Gasteiger partial charge in [0.15, 0.2) is 11.6 Å². The highest BCUT2D eigenvalue weighted by molar-refractivity contribution is 7.12. The molecule has 0 N–H and O–H groups in total. The van der Waals surface area contributed by atoms with E-state index < -0.39 is 11.8 Å². The van der Waals surface area contributed by atoms with E-state index in [4.69, 9.17) is 9.57 Å². The Bertz CT molecular complexity index is 740. The van der Waals surface area contributed by atoms with Gasteiger partial charge >= 0.3 is 0 Å². The van der Waals surface area contributed by atoms with Crippen LogP contribution in [0.2, 0.25) is 0 Å². The van der Waals surface area contributed by atoms with Gasteiger partial charge in [-0.3, -0.25) is 9.59 Å². The Hall–Kier alpha value is -2.67. The average molecular weight is 316 g/mol. The van der Waals surface area contributed by atoms with Crippen LogP contribution in [0.1, 0.15) is 11.3 Å². The molecule has 22 heavy (non-hydrogen) atoms. The number of aliphatic imine (C=N–C) groups is 1. The van der Waals surface area contributed by atoms with Crippen molar-refractivity contribution >= 4 is 29.0 Å². The molecule has 0 fully saturated rings. The summed E-state index contributed by atoms with van der Waals surface area (Å²) in [7, 11) is 1.54. The summed E-state index contributed by atoms with van der Waals surface area (Å²) in [5, 5.41) is 2.90. The predicted molar refractivity (Wildman–Crippen MR) is 80.9 cm³/mol. The van der Waals surface area contributed by atoms with Gasteiger partial charge in [-0.25, -0.2) is 0 Å². The second-order valence-corrected chi connectivity index (χ2v) is 5.39. The first-order valence-electron chi connectivity index (χ1n) is 6.48. The fraction of sp³-hybridized carbons (Fsp3) is 0.133. The van der Waals surface area contributed by atoms with E-state index in [-0.39, 0.29) is 12.3 Å². The molecular formula is C15H12N2O4S. The van der Waals surface area contributed by atoms with Crippen LogP contribution in [-0.2, 0) is 9.59 Å². The maximum atomic E-state index is 12.1. The van der Waals surface area contributed by atoms with E-state index in [9.17, 15) is 9.59 Å². The minimum atomic E-state index is -0.473. The first-order valence-corrected chi connectivity index (χ1v) is 7.36. The maximum absolute atomic E-state index is 12.1. The van der Waals surface area contributed by atoms with Gasteiger partial charge in [-0.15, -0.1) is 16.4 Å². The minimum absolute atomic E-state index is 0.207. The van der Waals surface area contributed by atoms with Crippen LogP contribution < -0.4 is 9.57 Å². The number of thiophene rings is 1. The molecular weight excluding hydrogens is 304 g/mol. The molecule has 0 bridgehead atoms. The van der Waals surface area contributed by atoms with Crippen molar-refractivity contribution in [3.05, 3.63) is 46.7 Å². The van der Waals surface area contributed by atoms with E-state index in [0.29, 0.717) is 16.4 Å². The molecule has 0 spiro atoms. The van der Waals surface area contributed by atoms with Gasteiger partial charge in [0.1, 0.15) is 12.2 Å². The Balaban J connectivity index is 1.93. The van der Waals surface area contributed by atoms with Crippen molar-refractivity contribution in [1.29, 1.82) is 0 Å². The lowest BCUT2D eigenvalue weighted by atomic mass is 10.3. The number of ether oxygens (including phenoxy) is 1. The van der Waals surface area contributed by atoms with Crippen LogP contribution in [0.15, 0.2) is 46.8 Å². The Morgan fingerprint density at radius 3 is 2.73 bits per heavy atom. The highest BCUT2D eigenvalue weighted by atomic mass is 32.1. The number of amides is 2. The van der Waals surface area contributed by atoms with Crippen molar-refractivity contribution in [3.63, 3.8) is 0 Å². The second kappa shape index (κ2) is 5.98. The summed E-state index contributed by atoms with van der Waals surface area (Å²) in [5.74, 6) is 0.308. The summed E-state index contributed by atoms with van der Waals surface area (Å²) in [6, 6.07) is 10.4. The number of nitrogens with zero attached hydrogens (tertiary/aromatic N) is 2. The van der Waals surface area contributed by atoms with E-state index in [0.717, 1.165) is 5.06 Å². The molecule has 112 valence electrons. The number of hydrogen-bond acceptors (Lipinski definition) is 5. The van der Waals surface area contributed by atoms with Crippen molar-refractivity contribution in [2.75, 3.05) is 7.11 Å². The molecule has 1 aliphatic rings. The van der Waals surface area contributed by atoms with Gasteiger partial charge in [-0.2, -0.15) is 4.99 Å². The van der Waals surface area contributed by atoms with E-state index in [1.165, 1.54) is 11.3 Å². The van der Waals surface area contributed by atoms with E-state index in [1.54, 1.807) is 37.4 Å². The molecule has 6 nitrogen and oxygen atoms in total. The third kappa shape index (κ3) is 2.84. The topological polar surface area (TPSA) is 68.2 Å². The number of hydrogen-bond donors (Lipinski definition) is 0. The summed E-state index contributed by atoms with van der Waals surface area (Å²) >= 11 is 1.37. The van der Waals surface area contributed by atoms with Crippen LogP contribution in [0.3, 0.4) is 0 Å². The quantitative estimate of drug-likeness (QED) is 0.811. The fourth-order valence-electron chi connectivity index (χ4n) is 1.94. The van der Waals surface area contributed by atoms with E-state index in [2.05, 4.69) is 4.99 Å². The summed E-state index contributed by atoms with van der Waals surface area (Å²) < 4.78 is 5.12. The van der Waals surface area contributed by atoms with Gasteiger partial charge in [0, 0.05) is 6.07 Å². The summed E-state index contributed by atoms with van der Waals surface area (Å²) in [5.41, 5.74) is 0. The Kier molecular flexibility index (Phi) is 3.88. The fourth-order valence-corrected chi connectivity index (χ4v) is 2.64. The molecule has 0 radical (unpaired) electrons. The zero-order valence-electron chi connectivity index (χ0n) is 11.7. The number of benzene rings is 1. The average Bonchev–Trinajstić information content (AvgIpc) is 3.04. The zero-order valence-corrected chi connectivity index (χ0v) is 12.5. The van der Waals surface area contributed by atoms with Crippen LogP contribution in [0.25, 0.3) is 0 Å². The van der Waals surface area contributed by atoms with Crippen LogP contribution in [0, 0.1) is 0 Å². The Labute approximate surface area is 130 Å². The normalized spacial score (nSPS) is 14.8. The highest BCUT2D eigenvalue weighted by Crippen LogP contribution is 2.23. The predicted octanol–water partition coefficient (Wildman–Crippen LogP) is 2.26. The standard InChI is InChI=1S/C15H12N2O4S/c1-20-10-4-2-5-11(8-10)21-17-14(19)9-13(18)16-15(17)12-6-3-7-22-12/h2-8H,9H2,1H3. The number of methoxy groups -OCH3 is 1. The third-order valence-corrected chi connectivity index (χ3v) is 3.80. The molecule has 2 amide bonds. The largest absolute Gasteiger partial charge is 0.497 e. The summed E-state index contributed by atoms with van der Waals surface area (Å²) in [6.45, 7) is 0. The van der Waals surface area contributed by atoms with Crippen molar-refractivity contribution in [2.24, 2.45) is 4.99 Å². The molecule has 2 aromatic rings. The van der Waals surface area contributed by atoms with Crippen molar-refractivity contribution in [1.82, 2.24) is 5.06 Å². The minimum Gasteiger partial charge on any atom is -0.497 e. The lowest BCUT2D eigenvalue weighted by molar-refractivity contribution is -0.148.